The molecule has 4 rings (SSSR count). The van der Waals surface area contributed by atoms with E-state index in [-0.39, 0.29) is 41.3 Å². The molecule has 2 fully saturated rings. The summed E-state index contributed by atoms with van der Waals surface area (Å²) in [5.74, 6) is -2.05. The van der Waals surface area contributed by atoms with E-state index in [0.29, 0.717) is 24.3 Å². The first kappa shape index (κ1) is 25.4. The summed E-state index contributed by atoms with van der Waals surface area (Å²) in [4.78, 5) is 43.2. The molecule has 1 aliphatic heterocycles. The van der Waals surface area contributed by atoms with E-state index in [1.807, 2.05) is 0 Å². The second kappa shape index (κ2) is 10.9. The first-order valence-electron chi connectivity index (χ1n) is 11.6. The standard InChI is InChI=1S/C25H27Cl2FN4O3/c26-16-5-10-20(21(27)14-16)25(35)32-12-2-11-31(24(34)15-3-1-4-17(28)13-15)23(32)22(33)30-19-8-6-18(29)7-9-19/h1,3-5,10,13-14,18-19,23H,2,6-9,11-12,29H2,(H,30,33). The number of carbonyl (C=O) groups excluding carboxylic acids is 3. The Morgan fingerprint density at radius 3 is 2.29 bits per heavy atom. The molecular formula is C25H27Cl2FN4O3. The van der Waals surface area contributed by atoms with Crippen LogP contribution in [0.15, 0.2) is 42.5 Å². The van der Waals surface area contributed by atoms with E-state index < -0.39 is 29.7 Å². The van der Waals surface area contributed by atoms with Crippen molar-refractivity contribution in [3.63, 3.8) is 0 Å². The molecule has 1 heterocycles. The highest BCUT2D eigenvalue weighted by molar-refractivity contribution is 6.36. The van der Waals surface area contributed by atoms with Crippen LogP contribution in [0.4, 0.5) is 4.39 Å². The van der Waals surface area contributed by atoms with E-state index in [0.717, 1.165) is 18.9 Å². The summed E-state index contributed by atoms with van der Waals surface area (Å²) in [6, 6.07) is 9.78. The van der Waals surface area contributed by atoms with Gasteiger partial charge in [-0.1, -0.05) is 29.3 Å². The maximum Gasteiger partial charge on any atom is 0.264 e. The van der Waals surface area contributed by atoms with Crippen LogP contribution in [0.1, 0.15) is 52.8 Å². The van der Waals surface area contributed by atoms with Crippen LogP contribution >= 0.6 is 23.2 Å². The van der Waals surface area contributed by atoms with Crippen molar-refractivity contribution >= 4 is 40.9 Å². The van der Waals surface area contributed by atoms with Gasteiger partial charge in [0.05, 0.1) is 10.6 Å². The highest BCUT2D eigenvalue weighted by Gasteiger charge is 2.42. The molecule has 0 bridgehead atoms. The SMILES string of the molecule is NC1CCC(NC(=O)C2N(C(=O)c3cccc(F)c3)CCCN2C(=O)c2ccc(Cl)cc2Cl)CC1. The van der Waals surface area contributed by atoms with Gasteiger partial charge in [0, 0.05) is 35.8 Å². The van der Waals surface area contributed by atoms with Gasteiger partial charge < -0.3 is 20.9 Å². The Balaban J connectivity index is 1.66. The van der Waals surface area contributed by atoms with Gasteiger partial charge in [0.15, 0.2) is 6.17 Å². The Morgan fingerprint density at radius 2 is 1.63 bits per heavy atom. The fourth-order valence-electron chi connectivity index (χ4n) is 4.68. The van der Waals surface area contributed by atoms with Crippen LogP contribution in [0.5, 0.6) is 0 Å². The van der Waals surface area contributed by atoms with E-state index in [1.165, 1.54) is 40.1 Å². The van der Waals surface area contributed by atoms with Crippen LogP contribution in [0, 0.1) is 5.82 Å². The minimum atomic E-state index is -1.21. The summed E-state index contributed by atoms with van der Waals surface area (Å²) in [6.07, 6.45) is 2.23. The molecule has 1 aliphatic carbocycles. The minimum absolute atomic E-state index is 0.102. The Morgan fingerprint density at radius 1 is 0.943 bits per heavy atom. The van der Waals surface area contributed by atoms with Crippen LogP contribution in [0.3, 0.4) is 0 Å². The van der Waals surface area contributed by atoms with Crippen LogP contribution in [-0.2, 0) is 4.79 Å². The fraction of sp³-hybridized carbons (Fsp3) is 0.400. The normalized spacial score (nSPS) is 22.6. The lowest BCUT2D eigenvalue weighted by Gasteiger charge is -2.43. The highest BCUT2D eigenvalue weighted by atomic mass is 35.5. The average Bonchev–Trinajstić information content (AvgIpc) is 2.84. The number of hydrogen-bond acceptors (Lipinski definition) is 4. The van der Waals surface area contributed by atoms with Gasteiger partial charge in [-0.3, -0.25) is 14.4 Å². The number of nitrogens with two attached hydrogens (primary N) is 1. The molecule has 7 nitrogen and oxygen atoms in total. The van der Waals surface area contributed by atoms with E-state index in [1.54, 1.807) is 6.07 Å². The topological polar surface area (TPSA) is 95.7 Å². The molecule has 35 heavy (non-hydrogen) atoms. The summed E-state index contributed by atoms with van der Waals surface area (Å²) in [7, 11) is 0. The Labute approximate surface area is 213 Å². The molecule has 0 spiro atoms. The predicted octanol–water partition coefficient (Wildman–Crippen LogP) is 3.83. The maximum atomic E-state index is 13.8. The van der Waals surface area contributed by atoms with Crippen LogP contribution < -0.4 is 11.1 Å². The third kappa shape index (κ3) is 5.77. The number of nitrogens with one attached hydrogen (secondary N) is 1. The average molecular weight is 521 g/mol. The van der Waals surface area contributed by atoms with Crippen molar-refractivity contribution in [3.8, 4) is 0 Å². The monoisotopic (exact) mass is 520 g/mol. The molecule has 10 heteroatoms. The van der Waals surface area contributed by atoms with E-state index >= 15 is 0 Å². The maximum absolute atomic E-state index is 13.8. The number of rotatable bonds is 4. The summed E-state index contributed by atoms with van der Waals surface area (Å²) in [6.45, 7) is 0.486. The summed E-state index contributed by atoms with van der Waals surface area (Å²) >= 11 is 12.3. The molecule has 1 unspecified atom stereocenters. The van der Waals surface area contributed by atoms with Crippen LogP contribution in [0.25, 0.3) is 0 Å². The zero-order valence-corrected chi connectivity index (χ0v) is 20.6. The number of benzene rings is 2. The van der Waals surface area contributed by atoms with Gasteiger partial charge in [0.2, 0.25) is 0 Å². The zero-order valence-electron chi connectivity index (χ0n) is 19.1. The molecule has 1 atom stereocenters. The second-order valence-electron chi connectivity index (χ2n) is 8.98. The Hall–Kier alpha value is -2.68. The molecular weight excluding hydrogens is 494 g/mol. The van der Waals surface area contributed by atoms with Gasteiger partial charge in [-0.25, -0.2) is 4.39 Å². The van der Waals surface area contributed by atoms with Gasteiger partial charge in [-0.2, -0.15) is 0 Å². The fourth-order valence-corrected chi connectivity index (χ4v) is 5.17. The first-order valence-corrected chi connectivity index (χ1v) is 12.4. The summed E-state index contributed by atoms with van der Waals surface area (Å²) in [5.41, 5.74) is 6.27. The smallest absolute Gasteiger partial charge is 0.264 e. The van der Waals surface area contributed by atoms with Crippen molar-refractivity contribution in [2.75, 3.05) is 13.1 Å². The molecule has 1 saturated heterocycles. The largest absolute Gasteiger partial charge is 0.350 e. The van der Waals surface area contributed by atoms with Crippen molar-refractivity contribution in [3.05, 3.63) is 69.5 Å². The van der Waals surface area contributed by atoms with Crippen molar-refractivity contribution < 1.29 is 18.8 Å². The molecule has 1 saturated carbocycles. The van der Waals surface area contributed by atoms with Crippen molar-refractivity contribution in [2.24, 2.45) is 5.73 Å². The molecule has 2 aliphatic rings. The molecule has 0 aromatic heterocycles. The molecule has 3 N–H and O–H groups in total. The number of halogens is 3. The summed E-state index contributed by atoms with van der Waals surface area (Å²) < 4.78 is 13.8. The van der Waals surface area contributed by atoms with Gasteiger partial charge >= 0.3 is 0 Å². The second-order valence-corrected chi connectivity index (χ2v) is 9.82. The molecule has 2 aromatic carbocycles. The Bertz CT molecular complexity index is 1120. The van der Waals surface area contributed by atoms with E-state index in [9.17, 15) is 18.8 Å². The minimum Gasteiger partial charge on any atom is -0.350 e. The quantitative estimate of drug-likeness (QED) is 0.640. The van der Waals surface area contributed by atoms with Crippen molar-refractivity contribution in [2.45, 2.75) is 50.4 Å². The van der Waals surface area contributed by atoms with Crippen molar-refractivity contribution in [1.82, 2.24) is 15.1 Å². The van der Waals surface area contributed by atoms with Gasteiger partial charge in [-0.05, 0) is 68.5 Å². The predicted molar refractivity (Wildman–Crippen MR) is 132 cm³/mol. The lowest BCUT2D eigenvalue weighted by Crippen LogP contribution is -2.64. The molecule has 2 aromatic rings. The van der Waals surface area contributed by atoms with Crippen LogP contribution in [0.2, 0.25) is 10.0 Å². The molecule has 186 valence electrons. The third-order valence-corrected chi connectivity index (χ3v) is 7.04. The highest BCUT2D eigenvalue weighted by Crippen LogP contribution is 2.27. The number of nitrogens with zero attached hydrogens (tertiary/aromatic N) is 2. The van der Waals surface area contributed by atoms with Crippen molar-refractivity contribution in [1.29, 1.82) is 0 Å². The summed E-state index contributed by atoms with van der Waals surface area (Å²) in [5, 5.41) is 3.53. The number of amides is 3. The van der Waals surface area contributed by atoms with Gasteiger partial charge in [0.25, 0.3) is 17.7 Å². The molecule has 3 amide bonds. The lowest BCUT2D eigenvalue weighted by molar-refractivity contribution is -0.133. The number of hydrogen-bond donors (Lipinski definition) is 2. The first-order chi connectivity index (χ1) is 16.7. The number of carbonyl (C=O) groups is 3. The van der Waals surface area contributed by atoms with Crippen LogP contribution in [-0.4, -0.2) is 58.9 Å². The molecule has 0 radical (unpaired) electrons. The van der Waals surface area contributed by atoms with E-state index in [2.05, 4.69) is 5.32 Å². The van der Waals surface area contributed by atoms with Gasteiger partial charge in [0.1, 0.15) is 5.82 Å². The van der Waals surface area contributed by atoms with E-state index in [4.69, 9.17) is 28.9 Å². The third-order valence-electron chi connectivity index (χ3n) is 6.50. The van der Waals surface area contributed by atoms with Gasteiger partial charge in [-0.15, -0.1) is 0 Å². The lowest BCUT2D eigenvalue weighted by atomic mass is 9.91. The Kier molecular flexibility index (Phi) is 7.94. The zero-order chi connectivity index (χ0) is 25.1.